The minimum atomic E-state index is -0.552. The molecule has 0 spiro atoms. The van der Waals surface area contributed by atoms with E-state index in [1.807, 2.05) is 0 Å². The Morgan fingerprint density at radius 3 is 1.34 bits per heavy atom. The molecule has 0 radical (unpaired) electrons. The fourth-order valence-electron chi connectivity index (χ4n) is 12.5. The number of hydrogen-bond donors (Lipinski definition) is 0. The Balaban J connectivity index is 1.07. The molecule has 0 aliphatic heterocycles. The van der Waals surface area contributed by atoms with Crippen LogP contribution in [0.2, 0.25) is 0 Å². The highest BCUT2D eigenvalue weighted by Gasteiger charge is 2.46. The predicted octanol–water partition coefficient (Wildman–Crippen LogP) is 20.2. The van der Waals surface area contributed by atoms with Gasteiger partial charge in [-0.2, -0.15) is 0 Å². The number of anilines is 3. The molecular formula is C75H51N. The van der Waals surface area contributed by atoms with E-state index in [2.05, 4.69) is 314 Å². The van der Waals surface area contributed by atoms with Crippen molar-refractivity contribution < 1.29 is 0 Å². The first-order chi connectivity index (χ1) is 37.7. The largest absolute Gasteiger partial charge is 0.309 e. The lowest BCUT2D eigenvalue weighted by molar-refractivity contribution is 0.769. The van der Waals surface area contributed by atoms with E-state index >= 15 is 0 Å². The van der Waals surface area contributed by atoms with Gasteiger partial charge in [-0.25, -0.2) is 0 Å². The number of benzene rings is 13. The summed E-state index contributed by atoms with van der Waals surface area (Å²) in [6.07, 6.45) is 0. The highest BCUT2D eigenvalue weighted by atomic mass is 15.2. The van der Waals surface area contributed by atoms with Crippen molar-refractivity contribution in [2.75, 3.05) is 4.90 Å². The quantitative estimate of drug-likeness (QED) is 0.132. The summed E-state index contributed by atoms with van der Waals surface area (Å²) in [5.74, 6) is 0. The first-order valence-corrected chi connectivity index (χ1v) is 26.3. The van der Waals surface area contributed by atoms with E-state index in [0.717, 1.165) is 50.4 Å². The van der Waals surface area contributed by atoms with Gasteiger partial charge in [-0.3, -0.25) is 0 Å². The third kappa shape index (κ3) is 7.39. The molecule has 1 heteroatoms. The maximum Gasteiger partial charge on any atom is 0.0713 e. The van der Waals surface area contributed by atoms with Crippen molar-refractivity contribution in [3.05, 3.63) is 332 Å². The van der Waals surface area contributed by atoms with Crippen LogP contribution in [0.5, 0.6) is 0 Å². The topological polar surface area (TPSA) is 3.24 Å². The van der Waals surface area contributed by atoms with E-state index in [1.54, 1.807) is 0 Å². The Morgan fingerprint density at radius 2 is 0.658 bits per heavy atom. The van der Waals surface area contributed by atoms with Gasteiger partial charge in [0, 0.05) is 16.7 Å². The van der Waals surface area contributed by atoms with Gasteiger partial charge in [-0.05, 0) is 118 Å². The molecular weight excluding hydrogens is 915 g/mol. The van der Waals surface area contributed by atoms with E-state index < -0.39 is 5.41 Å². The van der Waals surface area contributed by atoms with Gasteiger partial charge in [0.2, 0.25) is 0 Å². The van der Waals surface area contributed by atoms with Crippen LogP contribution in [0.4, 0.5) is 17.1 Å². The van der Waals surface area contributed by atoms with Gasteiger partial charge in [0.1, 0.15) is 0 Å². The Kier molecular flexibility index (Phi) is 11.2. The van der Waals surface area contributed by atoms with Gasteiger partial charge in [0.25, 0.3) is 0 Å². The fourth-order valence-corrected chi connectivity index (χ4v) is 12.5. The van der Waals surface area contributed by atoms with Gasteiger partial charge in [-0.15, -0.1) is 0 Å². The van der Waals surface area contributed by atoms with Gasteiger partial charge in [-0.1, -0.05) is 285 Å². The lowest BCUT2D eigenvalue weighted by Gasteiger charge is -2.34. The summed E-state index contributed by atoms with van der Waals surface area (Å²) in [5, 5.41) is 4.86. The molecule has 356 valence electrons. The Hall–Kier alpha value is -9.82. The second-order valence-electron chi connectivity index (χ2n) is 19.9. The zero-order valence-electron chi connectivity index (χ0n) is 41.9. The molecule has 0 atom stereocenters. The van der Waals surface area contributed by atoms with Crippen LogP contribution in [0.1, 0.15) is 22.3 Å². The van der Waals surface area contributed by atoms with Crippen LogP contribution >= 0.6 is 0 Å². The molecule has 76 heavy (non-hydrogen) atoms. The molecule has 0 saturated carbocycles. The average Bonchev–Trinajstić information content (AvgIpc) is 3.94. The molecule has 1 nitrogen and oxygen atoms in total. The molecule has 0 bridgehead atoms. The van der Waals surface area contributed by atoms with Gasteiger partial charge >= 0.3 is 0 Å². The number of para-hydroxylation sites is 2. The van der Waals surface area contributed by atoms with Crippen molar-refractivity contribution in [3.8, 4) is 66.8 Å². The molecule has 0 saturated heterocycles. The predicted molar refractivity (Wildman–Crippen MR) is 321 cm³/mol. The molecule has 13 aromatic carbocycles. The summed E-state index contributed by atoms with van der Waals surface area (Å²) in [6.45, 7) is 0. The van der Waals surface area contributed by atoms with Crippen LogP contribution in [0.25, 0.3) is 88.3 Å². The SMILES string of the molecule is c1ccc(-c2ccc(-c3cccc4ccccc34)cc2N(c2ccccc2-c2ccc3c(c2)C(c2ccccc2)(c2ccccc2)c2ccccc2-3)c2ccccc2-c2cccc3cccc(-c4ccccc4)c23)cc1. The van der Waals surface area contributed by atoms with Crippen molar-refractivity contribution in [1.29, 1.82) is 0 Å². The number of rotatable bonds is 10. The van der Waals surface area contributed by atoms with Crippen LogP contribution in [-0.2, 0) is 5.41 Å². The van der Waals surface area contributed by atoms with Crippen molar-refractivity contribution in [3.63, 3.8) is 0 Å². The first-order valence-electron chi connectivity index (χ1n) is 26.3. The van der Waals surface area contributed by atoms with Crippen LogP contribution < -0.4 is 4.90 Å². The van der Waals surface area contributed by atoms with E-state index in [-0.39, 0.29) is 0 Å². The summed E-state index contributed by atoms with van der Waals surface area (Å²) in [5.41, 5.74) is 21.9. The van der Waals surface area contributed by atoms with Crippen molar-refractivity contribution in [2.24, 2.45) is 0 Å². The zero-order valence-corrected chi connectivity index (χ0v) is 41.9. The third-order valence-corrected chi connectivity index (χ3v) is 15.8. The second kappa shape index (κ2) is 18.9. The van der Waals surface area contributed by atoms with E-state index in [0.29, 0.717) is 0 Å². The highest BCUT2D eigenvalue weighted by molar-refractivity contribution is 6.10. The van der Waals surface area contributed by atoms with Crippen LogP contribution in [0.3, 0.4) is 0 Å². The lowest BCUT2D eigenvalue weighted by atomic mass is 9.67. The summed E-state index contributed by atoms with van der Waals surface area (Å²) in [7, 11) is 0. The Labute approximate surface area is 444 Å². The molecule has 0 fully saturated rings. The van der Waals surface area contributed by atoms with Gasteiger partial charge < -0.3 is 4.90 Å². The number of fused-ring (bicyclic) bond motifs is 5. The minimum absolute atomic E-state index is 0.552. The van der Waals surface area contributed by atoms with Gasteiger partial charge in [0.05, 0.1) is 22.5 Å². The lowest BCUT2D eigenvalue weighted by Crippen LogP contribution is -2.28. The monoisotopic (exact) mass is 965 g/mol. The summed E-state index contributed by atoms with van der Waals surface area (Å²) >= 11 is 0. The number of nitrogens with zero attached hydrogens (tertiary/aromatic N) is 1. The second-order valence-corrected chi connectivity index (χ2v) is 19.9. The molecule has 0 unspecified atom stereocenters. The zero-order chi connectivity index (χ0) is 50.4. The summed E-state index contributed by atoms with van der Waals surface area (Å²) in [6, 6.07) is 114. The first kappa shape index (κ1) is 44.8. The molecule has 0 aromatic heterocycles. The van der Waals surface area contributed by atoms with Gasteiger partial charge in [0.15, 0.2) is 0 Å². The number of hydrogen-bond acceptors (Lipinski definition) is 1. The maximum atomic E-state index is 2.56. The molecule has 13 aromatic rings. The molecule has 0 N–H and O–H groups in total. The summed E-state index contributed by atoms with van der Waals surface area (Å²) in [4.78, 5) is 2.56. The fraction of sp³-hybridized carbons (Fsp3) is 0.0133. The minimum Gasteiger partial charge on any atom is -0.309 e. The summed E-state index contributed by atoms with van der Waals surface area (Å²) < 4.78 is 0. The average molecular weight is 966 g/mol. The van der Waals surface area contributed by atoms with Crippen molar-refractivity contribution in [1.82, 2.24) is 0 Å². The molecule has 14 rings (SSSR count). The van der Waals surface area contributed by atoms with E-state index in [1.165, 1.54) is 77.2 Å². The normalized spacial score (nSPS) is 12.3. The molecule has 1 aliphatic rings. The third-order valence-electron chi connectivity index (χ3n) is 15.8. The van der Waals surface area contributed by atoms with Crippen LogP contribution in [0.15, 0.2) is 309 Å². The van der Waals surface area contributed by atoms with E-state index in [4.69, 9.17) is 0 Å². The van der Waals surface area contributed by atoms with Crippen molar-refractivity contribution in [2.45, 2.75) is 5.41 Å². The highest BCUT2D eigenvalue weighted by Crippen LogP contribution is 2.58. The molecule has 1 aliphatic carbocycles. The standard InChI is InChI=1S/C75H51N/c1-5-24-53(25-6-1)63-48-46-57(61-40-21-29-52-28-13-14-36-60(52)61)51-73(63)76(72-45-20-17-39-67(72)68-42-23-31-55-30-22-41-64(74(55)68)54-26-7-2-8-27-54)71-44-19-16-37-62(71)56-47-49-66-65-38-15-18-43-69(65)75(70(66)50-56,58-32-9-3-10-33-58)59-34-11-4-12-35-59/h1-51H. The van der Waals surface area contributed by atoms with Crippen LogP contribution in [0, 0.1) is 0 Å². The van der Waals surface area contributed by atoms with Crippen molar-refractivity contribution >= 4 is 38.6 Å². The maximum absolute atomic E-state index is 2.56. The smallest absolute Gasteiger partial charge is 0.0713 e. The molecule has 0 heterocycles. The molecule has 0 amide bonds. The van der Waals surface area contributed by atoms with E-state index in [9.17, 15) is 0 Å². The van der Waals surface area contributed by atoms with Crippen LogP contribution in [-0.4, -0.2) is 0 Å². The Bertz CT molecular complexity index is 4220. The Morgan fingerprint density at radius 1 is 0.224 bits per heavy atom.